The summed E-state index contributed by atoms with van der Waals surface area (Å²) in [7, 11) is 1.51. The lowest BCUT2D eigenvalue weighted by atomic mass is 9.92. The second kappa shape index (κ2) is 5.80. The highest BCUT2D eigenvalue weighted by Gasteiger charge is 2.19. The molecule has 0 aliphatic heterocycles. The molecule has 2 aromatic heterocycles. The Morgan fingerprint density at radius 2 is 1.92 bits per heavy atom. The van der Waals surface area contributed by atoms with E-state index < -0.39 is 5.69 Å². The van der Waals surface area contributed by atoms with Crippen LogP contribution in [-0.4, -0.2) is 24.1 Å². The molecule has 0 saturated carbocycles. The molecule has 0 aliphatic carbocycles. The summed E-state index contributed by atoms with van der Waals surface area (Å²) in [5.74, 6) is 0.539. The van der Waals surface area contributed by atoms with Gasteiger partial charge >= 0.3 is 11.4 Å². The highest BCUT2D eigenvalue weighted by molar-refractivity contribution is 5.45. The Hall–Kier alpha value is -3.03. The predicted octanol–water partition coefficient (Wildman–Crippen LogP) is 0.989. The van der Waals surface area contributed by atoms with Crippen LogP contribution < -0.4 is 17.1 Å². The van der Waals surface area contributed by atoms with Crippen molar-refractivity contribution in [1.29, 1.82) is 0 Å². The Labute approximate surface area is 144 Å². The third-order valence-corrected chi connectivity index (χ3v) is 4.03. The summed E-state index contributed by atoms with van der Waals surface area (Å²) >= 11 is 0. The van der Waals surface area contributed by atoms with E-state index in [0.717, 1.165) is 26.2 Å². The van der Waals surface area contributed by atoms with E-state index in [1.54, 1.807) is 4.68 Å². The van der Waals surface area contributed by atoms with E-state index in [4.69, 9.17) is 5.73 Å². The lowest BCUT2D eigenvalue weighted by Gasteiger charge is -2.14. The summed E-state index contributed by atoms with van der Waals surface area (Å²) in [5, 5.41) is 7.04. The minimum atomic E-state index is -0.438. The number of aromatic nitrogens is 5. The van der Waals surface area contributed by atoms with E-state index in [1.165, 1.54) is 7.05 Å². The van der Waals surface area contributed by atoms with Gasteiger partial charge in [-0.25, -0.2) is 28.6 Å². The zero-order valence-electron chi connectivity index (χ0n) is 14.8. The first-order valence-electron chi connectivity index (χ1n) is 7.98. The van der Waals surface area contributed by atoms with Crippen LogP contribution in [0.3, 0.4) is 0 Å². The fourth-order valence-electron chi connectivity index (χ4n) is 2.60. The molecule has 0 spiro atoms. The van der Waals surface area contributed by atoms with Crippen LogP contribution in [0.15, 0.2) is 39.9 Å². The van der Waals surface area contributed by atoms with Crippen LogP contribution in [0, 0.1) is 0 Å². The molecule has 2 heterocycles. The monoisotopic (exact) mass is 342 g/mol. The smallest absolute Gasteiger partial charge is 0.346 e. The summed E-state index contributed by atoms with van der Waals surface area (Å²) in [6.07, 6.45) is 0. The van der Waals surface area contributed by atoms with Gasteiger partial charge in [0, 0.05) is 18.5 Å². The van der Waals surface area contributed by atoms with Gasteiger partial charge in [0.25, 0.3) is 0 Å². The van der Waals surface area contributed by atoms with Crippen molar-refractivity contribution in [3.63, 3.8) is 0 Å². The Morgan fingerprint density at radius 1 is 1.20 bits per heavy atom. The van der Waals surface area contributed by atoms with E-state index in [-0.39, 0.29) is 17.6 Å². The number of anilines is 1. The van der Waals surface area contributed by atoms with Gasteiger partial charge in [-0.05, 0) is 17.7 Å². The fourth-order valence-corrected chi connectivity index (χ4v) is 2.60. The molecule has 0 atom stereocenters. The molecule has 1 aromatic carbocycles. The topological polar surface area (TPSA) is 104 Å². The molecule has 25 heavy (non-hydrogen) atoms. The average Bonchev–Trinajstić information content (AvgIpc) is 3.03. The molecule has 0 unspecified atom stereocenters. The molecule has 3 N–H and O–H groups in total. The molecular weight excluding hydrogens is 320 g/mol. The van der Waals surface area contributed by atoms with Gasteiger partial charge in [-0.1, -0.05) is 32.9 Å². The second-order valence-electron chi connectivity index (χ2n) is 7.13. The number of nitrogens with two attached hydrogens (primary N) is 1. The molecule has 0 aliphatic rings. The maximum atomic E-state index is 12.0. The zero-order chi connectivity index (χ0) is 18.4. The van der Waals surface area contributed by atoms with E-state index >= 15 is 0 Å². The normalized spacial score (nSPS) is 11.8. The van der Waals surface area contributed by atoms with Crippen LogP contribution >= 0.6 is 0 Å². The van der Waals surface area contributed by atoms with Crippen molar-refractivity contribution >= 4 is 5.82 Å². The van der Waals surface area contributed by atoms with Crippen molar-refractivity contribution in [1.82, 2.24) is 24.1 Å². The van der Waals surface area contributed by atoms with Gasteiger partial charge in [-0.2, -0.15) is 5.10 Å². The van der Waals surface area contributed by atoms with E-state index in [9.17, 15) is 9.59 Å². The molecule has 3 rings (SSSR count). The minimum Gasteiger partial charge on any atom is -0.384 e. The Kier molecular flexibility index (Phi) is 3.90. The molecule has 0 fully saturated rings. The van der Waals surface area contributed by atoms with Crippen molar-refractivity contribution in [3.05, 3.63) is 62.6 Å². The largest absolute Gasteiger partial charge is 0.384 e. The first kappa shape index (κ1) is 16.8. The van der Waals surface area contributed by atoms with Gasteiger partial charge in [0.05, 0.1) is 17.9 Å². The standard InChI is InChI=1S/C17H22N6O2/c1-17(2,3)13-9-14(18)23(19-13)12-7-5-6-11(8-12)10-22-15(24)20-21(4)16(22)25/h5-9H,10,18H2,1-4H3,(H,20,24). The Morgan fingerprint density at radius 3 is 2.48 bits per heavy atom. The molecule has 0 amide bonds. The summed E-state index contributed by atoms with van der Waals surface area (Å²) in [6, 6.07) is 9.32. The van der Waals surface area contributed by atoms with E-state index in [1.807, 2.05) is 30.3 Å². The van der Waals surface area contributed by atoms with Crippen molar-refractivity contribution in [3.8, 4) is 5.69 Å². The van der Waals surface area contributed by atoms with E-state index in [2.05, 4.69) is 31.0 Å². The summed E-state index contributed by atoms with van der Waals surface area (Å²) < 4.78 is 3.97. The van der Waals surface area contributed by atoms with Gasteiger partial charge in [-0.15, -0.1) is 0 Å². The quantitative estimate of drug-likeness (QED) is 0.740. The van der Waals surface area contributed by atoms with Crippen LogP contribution in [0.4, 0.5) is 5.82 Å². The van der Waals surface area contributed by atoms with Crippen molar-refractivity contribution in [2.45, 2.75) is 32.7 Å². The SMILES string of the molecule is Cn1[nH]c(=O)n(Cc2cccc(-n3nc(C(C)(C)C)cc3N)c2)c1=O. The molecule has 132 valence electrons. The van der Waals surface area contributed by atoms with Crippen molar-refractivity contribution < 1.29 is 0 Å². The number of nitrogens with one attached hydrogen (secondary N) is 1. The molecule has 8 nitrogen and oxygen atoms in total. The highest BCUT2D eigenvalue weighted by Crippen LogP contribution is 2.25. The van der Waals surface area contributed by atoms with Gasteiger partial charge in [0.2, 0.25) is 0 Å². The van der Waals surface area contributed by atoms with Gasteiger partial charge in [0.1, 0.15) is 5.82 Å². The van der Waals surface area contributed by atoms with Gasteiger partial charge in [0.15, 0.2) is 0 Å². The summed E-state index contributed by atoms with van der Waals surface area (Å²) in [5.41, 5.74) is 7.66. The number of hydrogen-bond donors (Lipinski definition) is 2. The maximum absolute atomic E-state index is 12.0. The number of nitrogens with zero attached hydrogens (tertiary/aromatic N) is 4. The van der Waals surface area contributed by atoms with Crippen LogP contribution in [0.1, 0.15) is 32.0 Å². The number of nitrogen functional groups attached to an aromatic ring is 1. The van der Waals surface area contributed by atoms with Crippen LogP contribution in [0.5, 0.6) is 0 Å². The number of aryl methyl sites for hydroxylation is 1. The Bertz CT molecular complexity index is 1030. The first-order valence-corrected chi connectivity index (χ1v) is 7.98. The fraction of sp³-hybridized carbons (Fsp3) is 0.353. The summed E-state index contributed by atoms with van der Waals surface area (Å²) in [6.45, 7) is 6.40. The molecule has 8 heteroatoms. The number of H-pyrrole nitrogens is 1. The van der Waals surface area contributed by atoms with Crippen molar-refractivity contribution in [2.24, 2.45) is 7.05 Å². The zero-order valence-corrected chi connectivity index (χ0v) is 14.8. The van der Waals surface area contributed by atoms with Gasteiger partial charge in [-0.3, -0.25) is 0 Å². The van der Waals surface area contributed by atoms with Crippen LogP contribution in [-0.2, 0) is 19.0 Å². The third-order valence-electron chi connectivity index (χ3n) is 4.03. The maximum Gasteiger partial charge on any atom is 0.346 e. The molecule has 0 radical (unpaired) electrons. The third kappa shape index (κ3) is 3.15. The Balaban J connectivity index is 1.99. The minimum absolute atomic E-state index is 0.110. The summed E-state index contributed by atoms with van der Waals surface area (Å²) in [4.78, 5) is 23.8. The number of aromatic amines is 1. The molecular formula is C17H22N6O2. The lowest BCUT2D eigenvalue weighted by Crippen LogP contribution is -2.28. The molecule has 3 aromatic rings. The first-order chi connectivity index (χ1) is 11.7. The second-order valence-corrected chi connectivity index (χ2v) is 7.13. The van der Waals surface area contributed by atoms with Crippen molar-refractivity contribution in [2.75, 3.05) is 5.73 Å². The average molecular weight is 342 g/mol. The lowest BCUT2D eigenvalue weighted by molar-refractivity contribution is 0.560. The number of benzene rings is 1. The van der Waals surface area contributed by atoms with Crippen LogP contribution in [0.2, 0.25) is 0 Å². The predicted molar refractivity (Wildman–Crippen MR) is 96.1 cm³/mol. The molecule has 0 saturated heterocycles. The van der Waals surface area contributed by atoms with E-state index in [0.29, 0.717) is 5.82 Å². The number of hydrogen-bond acceptors (Lipinski definition) is 4. The number of rotatable bonds is 3. The van der Waals surface area contributed by atoms with Crippen LogP contribution in [0.25, 0.3) is 5.69 Å². The van der Waals surface area contributed by atoms with Gasteiger partial charge < -0.3 is 5.73 Å². The molecule has 0 bridgehead atoms. The highest BCUT2D eigenvalue weighted by atomic mass is 16.2.